The molecule has 0 bridgehead atoms. The van der Waals surface area contributed by atoms with Gasteiger partial charge in [0.15, 0.2) is 6.17 Å². The minimum atomic E-state index is -0.346. The van der Waals surface area contributed by atoms with E-state index in [-0.39, 0.29) is 17.9 Å². The molecule has 0 saturated carbocycles. The first-order valence-electron chi connectivity index (χ1n) is 7.90. The minimum absolute atomic E-state index is 0.267. The number of halogens is 1. The molecule has 1 atom stereocenters. The third-order valence-corrected chi connectivity index (χ3v) is 4.20. The quantitative estimate of drug-likeness (QED) is 0.881. The van der Waals surface area contributed by atoms with Crippen LogP contribution in [0.1, 0.15) is 22.5 Å². The van der Waals surface area contributed by atoms with Gasteiger partial charge in [-0.2, -0.15) is 5.10 Å². The number of hydrazone groups is 1. The molecule has 3 heterocycles. The summed E-state index contributed by atoms with van der Waals surface area (Å²) in [7, 11) is 0. The van der Waals surface area contributed by atoms with Crippen LogP contribution in [-0.2, 0) is 0 Å². The lowest BCUT2D eigenvalue weighted by atomic mass is 9.95. The summed E-state index contributed by atoms with van der Waals surface area (Å²) in [6.07, 6.45) is 1.25. The van der Waals surface area contributed by atoms with E-state index in [2.05, 4.69) is 20.5 Å². The second kappa shape index (κ2) is 5.70. The average Bonchev–Trinajstić information content (AvgIpc) is 3.04. The number of nitrogens with zero attached hydrogens (tertiary/aromatic N) is 4. The second-order valence-corrected chi connectivity index (χ2v) is 6.03. The van der Waals surface area contributed by atoms with Gasteiger partial charge in [0.1, 0.15) is 12.2 Å². The van der Waals surface area contributed by atoms with Gasteiger partial charge in [-0.15, -0.1) is 0 Å². The number of pyridine rings is 1. The van der Waals surface area contributed by atoms with E-state index in [9.17, 15) is 4.39 Å². The molecule has 6 nitrogen and oxygen atoms in total. The molecule has 0 fully saturated rings. The molecule has 2 aliphatic rings. The Bertz CT molecular complexity index is 926. The fourth-order valence-electron chi connectivity index (χ4n) is 3.20. The molecule has 2 aliphatic heterocycles. The van der Waals surface area contributed by atoms with Crippen molar-refractivity contribution < 1.29 is 4.39 Å². The van der Waals surface area contributed by atoms with Crippen molar-refractivity contribution in [3.63, 3.8) is 0 Å². The van der Waals surface area contributed by atoms with Crippen molar-refractivity contribution in [2.24, 2.45) is 15.8 Å². The molecular weight excluding hydrogens is 319 g/mol. The van der Waals surface area contributed by atoms with Gasteiger partial charge in [0.05, 0.1) is 5.70 Å². The molecule has 2 aromatic rings. The molecule has 1 unspecified atom stereocenters. The molecule has 0 radical (unpaired) electrons. The molecule has 25 heavy (non-hydrogen) atoms. The van der Waals surface area contributed by atoms with Gasteiger partial charge in [0.25, 0.3) is 0 Å². The number of aromatic nitrogens is 1. The first kappa shape index (κ1) is 15.3. The number of benzene rings is 1. The van der Waals surface area contributed by atoms with E-state index in [1.807, 2.05) is 26.0 Å². The highest BCUT2D eigenvalue weighted by molar-refractivity contribution is 6.05. The molecule has 1 aromatic carbocycles. The Hall–Kier alpha value is -3.22. The molecule has 7 heteroatoms. The lowest BCUT2D eigenvalue weighted by Gasteiger charge is -2.31. The van der Waals surface area contributed by atoms with E-state index >= 15 is 0 Å². The van der Waals surface area contributed by atoms with E-state index < -0.39 is 0 Å². The molecule has 126 valence electrons. The first-order valence-corrected chi connectivity index (χ1v) is 7.90. The highest BCUT2D eigenvalue weighted by Gasteiger charge is 2.35. The lowest BCUT2D eigenvalue weighted by Crippen LogP contribution is -2.48. The van der Waals surface area contributed by atoms with Crippen LogP contribution in [0.15, 0.2) is 46.5 Å². The van der Waals surface area contributed by atoms with Crippen molar-refractivity contribution in [2.75, 3.05) is 0 Å². The molecule has 0 spiro atoms. The zero-order valence-corrected chi connectivity index (χ0v) is 13.9. The van der Waals surface area contributed by atoms with Crippen molar-refractivity contribution in [1.29, 1.82) is 0 Å². The Morgan fingerprint density at radius 3 is 2.60 bits per heavy atom. The largest absolute Gasteiger partial charge is 0.369 e. The van der Waals surface area contributed by atoms with Crippen molar-refractivity contribution in [2.45, 2.75) is 20.0 Å². The van der Waals surface area contributed by atoms with Gasteiger partial charge >= 0.3 is 0 Å². The summed E-state index contributed by atoms with van der Waals surface area (Å²) in [6, 6.07) is 10.5. The van der Waals surface area contributed by atoms with Crippen molar-refractivity contribution in [3.8, 4) is 0 Å². The topological polar surface area (TPSA) is 78.9 Å². The van der Waals surface area contributed by atoms with Gasteiger partial charge in [-0.3, -0.25) is 15.3 Å². The number of hydrogen-bond donors (Lipinski definition) is 2. The summed E-state index contributed by atoms with van der Waals surface area (Å²) < 4.78 is 14.5. The third kappa shape index (κ3) is 2.53. The second-order valence-electron chi connectivity index (χ2n) is 6.03. The molecular formula is C18H17FN6. The zero-order chi connectivity index (χ0) is 17.6. The van der Waals surface area contributed by atoms with Crippen LogP contribution < -0.4 is 11.2 Å². The number of guanidine groups is 1. The zero-order valence-electron chi connectivity index (χ0n) is 13.9. The Balaban J connectivity index is 2.01. The maximum atomic E-state index is 14.5. The van der Waals surface area contributed by atoms with Crippen molar-refractivity contribution >= 4 is 23.6 Å². The summed E-state index contributed by atoms with van der Waals surface area (Å²) in [4.78, 5) is 10.6. The highest BCUT2D eigenvalue weighted by atomic mass is 19.1. The van der Waals surface area contributed by atoms with E-state index in [1.54, 1.807) is 29.4 Å². The van der Waals surface area contributed by atoms with Crippen molar-refractivity contribution in [3.05, 3.63) is 64.7 Å². The number of aliphatic imine (C=N–C) groups is 1. The Kier molecular flexibility index (Phi) is 3.49. The lowest BCUT2D eigenvalue weighted by molar-refractivity contribution is 0.493. The number of nitrogens with one attached hydrogen (secondary N) is 1. The molecule has 0 saturated heterocycles. The molecule has 1 aromatic heterocycles. The minimum Gasteiger partial charge on any atom is -0.369 e. The summed E-state index contributed by atoms with van der Waals surface area (Å²) in [6.45, 7) is 3.85. The van der Waals surface area contributed by atoms with E-state index in [0.717, 1.165) is 22.5 Å². The van der Waals surface area contributed by atoms with Gasteiger partial charge in [-0.05, 0) is 43.7 Å². The molecule has 3 N–H and O–H groups in total. The van der Waals surface area contributed by atoms with Crippen LogP contribution in [0.2, 0.25) is 0 Å². The summed E-state index contributed by atoms with van der Waals surface area (Å²) in [5.41, 5.74) is 13.5. The van der Waals surface area contributed by atoms with Crippen LogP contribution in [0.4, 0.5) is 4.39 Å². The normalized spacial score (nSPS) is 18.9. The fraction of sp³-hybridized carbons (Fsp3) is 0.167. The van der Waals surface area contributed by atoms with Gasteiger partial charge in [0.2, 0.25) is 5.96 Å². The van der Waals surface area contributed by atoms with E-state index in [1.165, 1.54) is 6.07 Å². The molecule has 4 rings (SSSR count). The number of nitrogens with two attached hydrogens (primary N) is 1. The van der Waals surface area contributed by atoms with Crippen LogP contribution in [0.3, 0.4) is 0 Å². The van der Waals surface area contributed by atoms with Crippen LogP contribution in [0.25, 0.3) is 11.3 Å². The summed E-state index contributed by atoms with van der Waals surface area (Å²) in [5, 5.41) is 4.10. The Morgan fingerprint density at radius 2 is 1.88 bits per heavy atom. The van der Waals surface area contributed by atoms with Gasteiger partial charge < -0.3 is 5.73 Å². The summed E-state index contributed by atoms with van der Waals surface area (Å²) >= 11 is 0. The number of rotatable bonds is 2. The first-order chi connectivity index (χ1) is 12.0. The van der Waals surface area contributed by atoms with Crippen LogP contribution in [0.5, 0.6) is 0 Å². The third-order valence-electron chi connectivity index (χ3n) is 4.20. The number of aryl methyl sites for hydroxylation is 2. The number of fused-ring (bicyclic) bond motifs is 1. The number of hydrogen-bond acceptors (Lipinski definition) is 6. The van der Waals surface area contributed by atoms with E-state index in [0.29, 0.717) is 11.3 Å². The SMILES string of the molecule is Cc1cc(C2=C(c3ccccc3F)N=C(N)N3C=NNC23)cc(C)n1. The molecule has 0 aliphatic carbocycles. The smallest absolute Gasteiger partial charge is 0.203 e. The monoisotopic (exact) mass is 336 g/mol. The predicted molar refractivity (Wildman–Crippen MR) is 95.8 cm³/mol. The van der Waals surface area contributed by atoms with Crippen LogP contribution in [-0.4, -0.2) is 28.3 Å². The van der Waals surface area contributed by atoms with Crippen molar-refractivity contribution in [1.82, 2.24) is 15.3 Å². The van der Waals surface area contributed by atoms with Gasteiger partial charge in [-0.25, -0.2) is 9.38 Å². The molecule has 0 amide bonds. The highest BCUT2D eigenvalue weighted by Crippen LogP contribution is 2.36. The van der Waals surface area contributed by atoms with Crippen LogP contribution in [0, 0.1) is 19.7 Å². The fourth-order valence-corrected chi connectivity index (χ4v) is 3.20. The van der Waals surface area contributed by atoms with Gasteiger partial charge in [0, 0.05) is 22.5 Å². The Labute approximate surface area is 144 Å². The maximum absolute atomic E-state index is 14.5. The van der Waals surface area contributed by atoms with Crippen LogP contribution >= 0.6 is 0 Å². The standard InChI is InChI=1S/C18H17FN6/c1-10-7-12(8-11(2)22-10)15-16(13-5-3-4-6-14(13)19)23-18(20)25-9-21-24-17(15)25/h3-9,17,24H,1-2H3,(H2,20,23). The maximum Gasteiger partial charge on any atom is 0.203 e. The Morgan fingerprint density at radius 1 is 1.16 bits per heavy atom. The van der Waals surface area contributed by atoms with E-state index in [4.69, 9.17) is 5.73 Å². The summed E-state index contributed by atoms with van der Waals surface area (Å²) in [5.74, 6) is -0.0790. The van der Waals surface area contributed by atoms with Gasteiger partial charge in [-0.1, -0.05) is 12.1 Å². The predicted octanol–water partition coefficient (Wildman–Crippen LogP) is 2.21. The average molecular weight is 336 g/mol.